The van der Waals surface area contributed by atoms with Crippen molar-refractivity contribution < 1.29 is 0 Å². The van der Waals surface area contributed by atoms with Crippen molar-refractivity contribution in [1.82, 2.24) is 9.97 Å². The lowest BCUT2D eigenvalue weighted by atomic mass is 9.83. The number of hydrogen-bond donors (Lipinski definition) is 1. The van der Waals surface area contributed by atoms with Crippen molar-refractivity contribution in [2.24, 2.45) is 5.73 Å². The van der Waals surface area contributed by atoms with Crippen LogP contribution in [0.2, 0.25) is 0 Å². The molecule has 3 nitrogen and oxygen atoms in total. The van der Waals surface area contributed by atoms with Crippen LogP contribution in [0.4, 0.5) is 0 Å². The molecule has 0 aromatic carbocycles. The predicted octanol–water partition coefficient (Wildman–Crippen LogP) is 1.77. The highest BCUT2D eigenvalue weighted by atomic mass is 14.8. The summed E-state index contributed by atoms with van der Waals surface area (Å²) in [5, 5.41) is 0. The average Bonchev–Trinajstić information content (AvgIpc) is 2.18. The predicted molar refractivity (Wildman–Crippen MR) is 56.0 cm³/mol. The van der Waals surface area contributed by atoms with Gasteiger partial charge in [-0.25, -0.2) is 9.97 Å². The van der Waals surface area contributed by atoms with Crippen molar-refractivity contribution in [3.63, 3.8) is 0 Å². The average molecular weight is 191 g/mol. The molecule has 2 rings (SSSR count). The van der Waals surface area contributed by atoms with E-state index in [0.717, 1.165) is 17.8 Å². The maximum atomic E-state index is 6.10. The Bertz CT molecular complexity index is 311. The SMILES string of the molecule is Cc1cc(C2CCCCC2N)ncn1. The minimum atomic E-state index is 0.290. The van der Waals surface area contributed by atoms with Crippen LogP contribution in [0, 0.1) is 6.92 Å². The number of rotatable bonds is 1. The normalized spacial score (nSPS) is 27.6. The van der Waals surface area contributed by atoms with Crippen LogP contribution in [0.25, 0.3) is 0 Å². The summed E-state index contributed by atoms with van der Waals surface area (Å²) in [5.41, 5.74) is 8.26. The first kappa shape index (κ1) is 9.59. The van der Waals surface area contributed by atoms with Crippen LogP contribution in [0.3, 0.4) is 0 Å². The van der Waals surface area contributed by atoms with Crippen molar-refractivity contribution in [3.05, 3.63) is 23.8 Å². The van der Waals surface area contributed by atoms with E-state index in [1.54, 1.807) is 6.33 Å². The molecule has 0 saturated heterocycles. The Balaban J connectivity index is 2.20. The van der Waals surface area contributed by atoms with Crippen molar-refractivity contribution in [2.75, 3.05) is 0 Å². The van der Waals surface area contributed by atoms with Gasteiger partial charge in [0.05, 0.1) is 0 Å². The van der Waals surface area contributed by atoms with Crippen LogP contribution in [0.5, 0.6) is 0 Å². The maximum absolute atomic E-state index is 6.10. The van der Waals surface area contributed by atoms with Crippen LogP contribution >= 0.6 is 0 Å². The van der Waals surface area contributed by atoms with E-state index in [0.29, 0.717) is 5.92 Å². The van der Waals surface area contributed by atoms with E-state index in [-0.39, 0.29) is 6.04 Å². The van der Waals surface area contributed by atoms with Gasteiger partial charge in [0.15, 0.2) is 0 Å². The van der Waals surface area contributed by atoms with Crippen molar-refractivity contribution in [3.8, 4) is 0 Å². The summed E-state index contributed by atoms with van der Waals surface area (Å²) in [6.45, 7) is 2.00. The van der Waals surface area contributed by atoms with E-state index in [9.17, 15) is 0 Å². The molecule has 1 aliphatic carbocycles. The summed E-state index contributed by atoms with van der Waals surface area (Å²) in [6.07, 6.45) is 6.50. The molecular weight excluding hydrogens is 174 g/mol. The summed E-state index contributed by atoms with van der Waals surface area (Å²) in [7, 11) is 0. The summed E-state index contributed by atoms with van der Waals surface area (Å²) in [5.74, 6) is 0.449. The minimum Gasteiger partial charge on any atom is -0.327 e. The van der Waals surface area contributed by atoms with Gasteiger partial charge in [-0.15, -0.1) is 0 Å². The van der Waals surface area contributed by atoms with Gasteiger partial charge in [-0.3, -0.25) is 0 Å². The van der Waals surface area contributed by atoms with Crippen LogP contribution in [0.1, 0.15) is 43.0 Å². The Morgan fingerprint density at radius 2 is 2.07 bits per heavy atom. The fraction of sp³-hybridized carbons (Fsp3) is 0.636. The van der Waals surface area contributed by atoms with Gasteiger partial charge in [0.25, 0.3) is 0 Å². The molecule has 2 N–H and O–H groups in total. The molecule has 1 heterocycles. The lowest BCUT2D eigenvalue weighted by Crippen LogP contribution is -2.31. The standard InChI is InChI=1S/C11H17N3/c1-8-6-11(14-7-13-8)9-4-2-3-5-10(9)12/h6-7,9-10H,2-5,12H2,1H3. The molecule has 14 heavy (non-hydrogen) atoms. The second-order valence-corrected chi connectivity index (χ2v) is 4.14. The Labute approximate surface area is 84.8 Å². The monoisotopic (exact) mass is 191 g/mol. The Morgan fingerprint density at radius 3 is 2.79 bits per heavy atom. The third-order valence-electron chi connectivity index (χ3n) is 3.02. The largest absolute Gasteiger partial charge is 0.327 e. The molecule has 0 radical (unpaired) electrons. The number of nitrogens with two attached hydrogens (primary N) is 1. The minimum absolute atomic E-state index is 0.290. The molecule has 2 unspecified atom stereocenters. The molecule has 0 amide bonds. The van der Waals surface area contributed by atoms with Gasteiger partial charge in [-0.1, -0.05) is 12.8 Å². The van der Waals surface area contributed by atoms with Crippen molar-refractivity contribution in [1.29, 1.82) is 0 Å². The molecule has 1 saturated carbocycles. The second-order valence-electron chi connectivity index (χ2n) is 4.14. The zero-order chi connectivity index (χ0) is 9.97. The molecule has 0 spiro atoms. The second kappa shape index (κ2) is 4.05. The molecule has 3 heteroatoms. The van der Waals surface area contributed by atoms with E-state index in [1.165, 1.54) is 19.3 Å². The molecule has 0 bridgehead atoms. The molecule has 1 aromatic heterocycles. The molecule has 76 valence electrons. The van der Waals surface area contributed by atoms with Gasteiger partial charge in [0.1, 0.15) is 6.33 Å². The molecule has 2 atom stereocenters. The van der Waals surface area contributed by atoms with E-state index in [4.69, 9.17) is 5.73 Å². The number of aryl methyl sites for hydroxylation is 1. The zero-order valence-electron chi connectivity index (χ0n) is 8.61. The van der Waals surface area contributed by atoms with Crippen LogP contribution in [-0.4, -0.2) is 16.0 Å². The fourth-order valence-electron chi connectivity index (χ4n) is 2.20. The zero-order valence-corrected chi connectivity index (χ0v) is 8.61. The molecule has 1 aliphatic rings. The quantitative estimate of drug-likeness (QED) is 0.736. The van der Waals surface area contributed by atoms with Gasteiger partial charge in [0.2, 0.25) is 0 Å². The highest BCUT2D eigenvalue weighted by Crippen LogP contribution is 2.30. The number of nitrogens with zero attached hydrogens (tertiary/aromatic N) is 2. The maximum Gasteiger partial charge on any atom is 0.115 e. The summed E-state index contributed by atoms with van der Waals surface area (Å²) >= 11 is 0. The lowest BCUT2D eigenvalue weighted by Gasteiger charge is -2.27. The third kappa shape index (κ3) is 1.93. The van der Waals surface area contributed by atoms with E-state index < -0.39 is 0 Å². The van der Waals surface area contributed by atoms with Gasteiger partial charge in [0, 0.05) is 23.3 Å². The Hall–Kier alpha value is -0.960. The molecule has 0 aliphatic heterocycles. The Morgan fingerprint density at radius 1 is 1.29 bits per heavy atom. The summed E-state index contributed by atoms with van der Waals surface area (Å²) < 4.78 is 0. The third-order valence-corrected chi connectivity index (χ3v) is 3.02. The van der Waals surface area contributed by atoms with Crippen molar-refractivity contribution in [2.45, 2.75) is 44.6 Å². The smallest absolute Gasteiger partial charge is 0.115 e. The summed E-state index contributed by atoms with van der Waals surface area (Å²) in [6, 6.07) is 2.36. The van der Waals surface area contributed by atoms with Gasteiger partial charge < -0.3 is 5.73 Å². The van der Waals surface area contributed by atoms with Gasteiger partial charge >= 0.3 is 0 Å². The van der Waals surface area contributed by atoms with Crippen molar-refractivity contribution >= 4 is 0 Å². The van der Waals surface area contributed by atoms with E-state index in [2.05, 4.69) is 16.0 Å². The Kier molecular flexibility index (Phi) is 2.77. The van der Waals surface area contributed by atoms with Gasteiger partial charge in [-0.05, 0) is 25.8 Å². The van der Waals surface area contributed by atoms with Crippen LogP contribution in [-0.2, 0) is 0 Å². The first-order valence-electron chi connectivity index (χ1n) is 5.31. The number of aromatic nitrogens is 2. The van der Waals surface area contributed by atoms with E-state index >= 15 is 0 Å². The topological polar surface area (TPSA) is 51.8 Å². The first-order valence-corrected chi connectivity index (χ1v) is 5.31. The van der Waals surface area contributed by atoms with Gasteiger partial charge in [-0.2, -0.15) is 0 Å². The van der Waals surface area contributed by atoms with E-state index in [1.807, 2.05) is 6.92 Å². The fourth-order valence-corrected chi connectivity index (χ4v) is 2.20. The first-order chi connectivity index (χ1) is 6.77. The van der Waals surface area contributed by atoms with Crippen LogP contribution < -0.4 is 5.73 Å². The summed E-state index contributed by atoms with van der Waals surface area (Å²) in [4.78, 5) is 8.43. The lowest BCUT2D eigenvalue weighted by molar-refractivity contribution is 0.379. The highest BCUT2D eigenvalue weighted by molar-refractivity contribution is 5.14. The molecule has 1 aromatic rings. The molecule has 1 fully saturated rings. The number of hydrogen-bond acceptors (Lipinski definition) is 3. The highest BCUT2D eigenvalue weighted by Gasteiger charge is 2.24. The van der Waals surface area contributed by atoms with Crippen LogP contribution in [0.15, 0.2) is 12.4 Å². The molecular formula is C11H17N3.